The van der Waals surface area contributed by atoms with E-state index < -0.39 is 0 Å². The van der Waals surface area contributed by atoms with Crippen molar-refractivity contribution in [1.82, 2.24) is 5.32 Å². The molecule has 0 unspecified atom stereocenters. The van der Waals surface area contributed by atoms with Crippen LogP contribution in [0.4, 0.5) is 0 Å². The van der Waals surface area contributed by atoms with Gasteiger partial charge in [-0.1, -0.05) is 66.7 Å². The largest absolute Gasteiger partial charge is 0.508 e. The molecule has 2 N–H and O–H groups in total. The number of hydrogen-bond donors (Lipinski definition) is 2. The quantitative estimate of drug-likeness (QED) is 0.749. The molecule has 0 aliphatic heterocycles. The fourth-order valence-electron chi connectivity index (χ4n) is 2.56. The molecule has 3 nitrogen and oxygen atoms in total. The molecular weight excluding hydrogens is 298 g/mol. The van der Waals surface area contributed by atoms with Crippen molar-refractivity contribution in [3.63, 3.8) is 0 Å². The molecule has 0 aliphatic carbocycles. The summed E-state index contributed by atoms with van der Waals surface area (Å²) in [6, 6.07) is 25.1. The van der Waals surface area contributed by atoms with Crippen LogP contribution in [0.25, 0.3) is 11.1 Å². The molecule has 0 saturated heterocycles. The van der Waals surface area contributed by atoms with Crippen LogP contribution in [0.15, 0.2) is 78.9 Å². The minimum atomic E-state index is -0.0363. The standard InChI is InChI=1S/C21H19NO2/c23-20-8-4-5-17(13-20)15-22-21(24)14-16-9-11-19(12-10-16)18-6-2-1-3-7-18/h1-13,23H,14-15H2,(H,22,24). The SMILES string of the molecule is O=C(Cc1ccc(-c2ccccc2)cc1)NCc1cccc(O)c1. The summed E-state index contributed by atoms with van der Waals surface area (Å²) >= 11 is 0. The molecule has 0 fully saturated rings. The van der Waals surface area contributed by atoms with Crippen LogP contribution >= 0.6 is 0 Å². The van der Waals surface area contributed by atoms with E-state index in [4.69, 9.17) is 0 Å². The van der Waals surface area contributed by atoms with Crippen LogP contribution in [0, 0.1) is 0 Å². The molecule has 0 atom stereocenters. The average Bonchev–Trinajstić information content (AvgIpc) is 2.61. The smallest absolute Gasteiger partial charge is 0.224 e. The normalized spacial score (nSPS) is 10.3. The second-order valence-electron chi connectivity index (χ2n) is 5.69. The van der Waals surface area contributed by atoms with Gasteiger partial charge in [0, 0.05) is 6.54 Å². The number of carbonyl (C=O) groups excluding carboxylic acids is 1. The van der Waals surface area contributed by atoms with Crippen molar-refractivity contribution in [2.45, 2.75) is 13.0 Å². The molecule has 1 amide bonds. The maximum absolute atomic E-state index is 12.1. The molecule has 0 aliphatic rings. The molecule has 3 aromatic carbocycles. The Hall–Kier alpha value is -3.07. The minimum Gasteiger partial charge on any atom is -0.508 e. The van der Waals surface area contributed by atoms with Gasteiger partial charge in [-0.15, -0.1) is 0 Å². The summed E-state index contributed by atoms with van der Waals surface area (Å²) in [5, 5.41) is 12.3. The summed E-state index contributed by atoms with van der Waals surface area (Å²) in [6.45, 7) is 0.412. The molecule has 120 valence electrons. The predicted molar refractivity (Wildman–Crippen MR) is 95.5 cm³/mol. The number of phenolic OH excluding ortho intramolecular Hbond substituents is 1. The fourth-order valence-corrected chi connectivity index (χ4v) is 2.56. The lowest BCUT2D eigenvalue weighted by Gasteiger charge is -2.07. The number of carbonyl (C=O) groups is 1. The number of aromatic hydroxyl groups is 1. The highest BCUT2D eigenvalue weighted by Gasteiger charge is 2.04. The average molecular weight is 317 g/mol. The lowest BCUT2D eigenvalue weighted by atomic mass is 10.0. The summed E-state index contributed by atoms with van der Waals surface area (Å²) in [5.41, 5.74) is 4.16. The molecule has 0 saturated carbocycles. The number of phenols is 1. The van der Waals surface area contributed by atoms with E-state index in [0.29, 0.717) is 13.0 Å². The summed E-state index contributed by atoms with van der Waals surface area (Å²) in [4.78, 5) is 12.1. The van der Waals surface area contributed by atoms with Gasteiger partial charge >= 0.3 is 0 Å². The Bertz CT molecular complexity index is 811. The Balaban J connectivity index is 1.57. The van der Waals surface area contributed by atoms with Crippen molar-refractivity contribution in [1.29, 1.82) is 0 Å². The first-order chi connectivity index (χ1) is 11.7. The first-order valence-electron chi connectivity index (χ1n) is 7.90. The predicted octanol–water partition coefficient (Wildman–Crippen LogP) is 3.92. The van der Waals surface area contributed by atoms with E-state index >= 15 is 0 Å². The topological polar surface area (TPSA) is 49.3 Å². The first-order valence-corrected chi connectivity index (χ1v) is 7.90. The van der Waals surface area contributed by atoms with Gasteiger partial charge in [0.1, 0.15) is 5.75 Å². The highest BCUT2D eigenvalue weighted by Crippen LogP contribution is 2.19. The van der Waals surface area contributed by atoms with E-state index in [2.05, 4.69) is 17.4 Å². The number of amides is 1. The van der Waals surface area contributed by atoms with Crippen LogP contribution in [0.3, 0.4) is 0 Å². The Labute approximate surface area is 141 Å². The van der Waals surface area contributed by atoms with E-state index in [1.165, 1.54) is 0 Å². The van der Waals surface area contributed by atoms with Crippen molar-refractivity contribution in [3.05, 3.63) is 90.0 Å². The van der Waals surface area contributed by atoms with Crippen LogP contribution in [-0.4, -0.2) is 11.0 Å². The second-order valence-corrected chi connectivity index (χ2v) is 5.69. The molecule has 3 heteroatoms. The molecule has 0 aromatic heterocycles. The Morgan fingerprint density at radius 2 is 1.50 bits per heavy atom. The number of rotatable bonds is 5. The fraction of sp³-hybridized carbons (Fsp3) is 0.0952. The van der Waals surface area contributed by atoms with E-state index in [9.17, 15) is 9.90 Å². The van der Waals surface area contributed by atoms with Crippen LogP contribution < -0.4 is 5.32 Å². The molecule has 0 spiro atoms. The van der Waals surface area contributed by atoms with Gasteiger partial charge in [0.05, 0.1) is 6.42 Å². The highest BCUT2D eigenvalue weighted by atomic mass is 16.3. The van der Waals surface area contributed by atoms with Gasteiger partial charge in [-0.3, -0.25) is 4.79 Å². The number of nitrogens with one attached hydrogen (secondary N) is 1. The maximum atomic E-state index is 12.1. The molecule has 3 rings (SSSR count). The summed E-state index contributed by atoms with van der Waals surface area (Å²) < 4.78 is 0. The molecule has 0 heterocycles. The van der Waals surface area contributed by atoms with E-state index in [-0.39, 0.29) is 11.7 Å². The van der Waals surface area contributed by atoms with E-state index in [0.717, 1.165) is 22.3 Å². The zero-order valence-electron chi connectivity index (χ0n) is 13.3. The van der Waals surface area contributed by atoms with Gasteiger partial charge in [0.15, 0.2) is 0 Å². The van der Waals surface area contributed by atoms with Crippen LogP contribution in [0.2, 0.25) is 0 Å². The summed E-state index contributed by atoms with van der Waals surface area (Å²) in [7, 11) is 0. The number of hydrogen-bond acceptors (Lipinski definition) is 2. The van der Waals surface area contributed by atoms with Crippen molar-refractivity contribution >= 4 is 5.91 Å². The molecule has 0 radical (unpaired) electrons. The van der Waals surface area contributed by atoms with Crippen molar-refractivity contribution in [2.24, 2.45) is 0 Å². The molecule has 3 aromatic rings. The third-order valence-corrected chi connectivity index (χ3v) is 3.83. The third-order valence-electron chi connectivity index (χ3n) is 3.83. The van der Waals surface area contributed by atoms with Crippen LogP contribution in [-0.2, 0) is 17.8 Å². The van der Waals surface area contributed by atoms with Gasteiger partial charge in [-0.05, 0) is 34.4 Å². The molecule has 24 heavy (non-hydrogen) atoms. The van der Waals surface area contributed by atoms with E-state index in [1.807, 2.05) is 48.5 Å². The number of benzene rings is 3. The van der Waals surface area contributed by atoms with E-state index in [1.54, 1.807) is 18.2 Å². The van der Waals surface area contributed by atoms with Gasteiger partial charge in [0.25, 0.3) is 0 Å². The minimum absolute atomic E-state index is 0.0363. The Morgan fingerprint density at radius 3 is 2.21 bits per heavy atom. The van der Waals surface area contributed by atoms with Gasteiger partial charge in [-0.2, -0.15) is 0 Å². The Kier molecular flexibility index (Phi) is 4.92. The third kappa shape index (κ3) is 4.23. The zero-order valence-corrected chi connectivity index (χ0v) is 13.3. The summed E-state index contributed by atoms with van der Waals surface area (Å²) in [6.07, 6.45) is 0.341. The first kappa shape index (κ1) is 15.8. The Morgan fingerprint density at radius 1 is 0.792 bits per heavy atom. The van der Waals surface area contributed by atoms with Gasteiger partial charge in [0.2, 0.25) is 5.91 Å². The van der Waals surface area contributed by atoms with Crippen LogP contribution in [0.5, 0.6) is 5.75 Å². The molecule has 0 bridgehead atoms. The van der Waals surface area contributed by atoms with Crippen LogP contribution in [0.1, 0.15) is 11.1 Å². The maximum Gasteiger partial charge on any atom is 0.224 e. The van der Waals surface area contributed by atoms with Crippen molar-refractivity contribution in [3.8, 4) is 16.9 Å². The van der Waals surface area contributed by atoms with Crippen molar-refractivity contribution in [2.75, 3.05) is 0 Å². The van der Waals surface area contributed by atoms with Gasteiger partial charge < -0.3 is 10.4 Å². The zero-order chi connectivity index (χ0) is 16.8. The van der Waals surface area contributed by atoms with Gasteiger partial charge in [-0.25, -0.2) is 0 Å². The lowest BCUT2D eigenvalue weighted by molar-refractivity contribution is -0.120. The van der Waals surface area contributed by atoms with Crippen molar-refractivity contribution < 1.29 is 9.90 Å². The molecular formula is C21H19NO2. The monoisotopic (exact) mass is 317 g/mol. The summed E-state index contributed by atoms with van der Waals surface area (Å²) in [5.74, 6) is 0.170. The highest BCUT2D eigenvalue weighted by molar-refractivity contribution is 5.78. The lowest BCUT2D eigenvalue weighted by Crippen LogP contribution is -2.24. The second kappa shape index (κ2) is 7.47.